The number of benzene rings is 1. The highest BCUT2D eigenvalue weighted by Crippen LogP contribution is 2.24. The zero-order valence-electron chi connectivity index (χ0n) is 10.8. The van der Waals surface area contributed by atoms with Crippen LogP contribution in [0.2, 0.25) is 5.02 Å². The van der Waals surface area contributed by atoms with Gasteiger partial charge >= 0.3 is 0 Å². The molecule has 0 aliphatic heterocycles. The molecule has 0 saturated carbocycles. The lowest BCUT2D eigenvalue weighted by Gasteiger charge is -2.24. The van der Waals surface area contributed by atoms with Crippen LogP contribution < -0.4 is 5.73 Å². The largest absolute Gasteiger partial charge is 0.393 e. The first kappa shape index (κ1) is 16.4. The lowest BCUT2D eigenvalue weighted by atomic mass is 10.1. The van der Waals surface area contributed by atoms with Crippen LogP contribution in [-0.4, -0.2) is 28.9 Å². The Morgan fingerprint density at radius 2 is 2.21 bits per heavy atom. The maximum atomic E-state index is 12.4. The summed E-state index contributed by atoms with van der Waals surface area (Å²) in [6.45, 7) is 4.94. The molecule has 0 radical (unpaired) electrons. The molecular formula is C13H16BrClN2OS. The van der Waals surface area contributed by atoms with Crippen LogP contribution in [0, 0.1) is 5.92 Å². The zero-order valence-corrected chi connectivity index (χ0v) is 14.0. The monoisotopic (exact) mass is 362 g/mol. The average molecular weight is 364 g/mol. The third-order valence-electron chi connectivity index (χ3n) is 2.82. The Labute approximate surface area is 132 Å². The van der Waals surface area contributed by atoms with Crippen LogP contribution in [0.25, 0.3) is 0 Å². The second-order valence-corrected chi connectivity index (χ2v) is 6.01. The summed E-state index contributed by atoms with van der Waals surface area (Å²) < 4.78 is 0.769. The number of hydrogen-bond donors (Lipinski definition) is 1. The van der Waals surface area contributed by atoms with Gasteiger partial charge < -0.3 is 10.6 Å². The van der Waals surface area contributed by atoms with Gasteiger partial charge in [0.2, 0.25) is 0 Å². The lowest BCUT2D eigenvalue weighted by Crippen LogP contribution is -2.38. The fourth-order valence-electron chi connectivity index (χ4n) is 1.59. The molecule has 1 atom stereocenters. The van der Waals surface area contributed by atoms with Crippen LogP contribution in [0.1, 0.15) is 24.2 Å². The van der Waals surface area contributed by atoms with Gasteiger partial charge in [-0.2, -0.15) is 0 Å². The summed E-state index contributed by atoms with van der Waals surface area (Å²) >= 11 is 14.2. The summed E-state index contributed by atoms with van der Waals surface area (Å²) in [5.41, 5.74) is 6.15. The summed E-state index contributed by atoms with van der Waals surface area (Å²) in [5.74, 6) is -0.0789. The number of carbonyl (C=O) groups is 1. The molecule has 3 nitrogen and oxygen atoms in total. The van der Waals surface area contributed by atoms with Gasteiger partial charge in [-0.15, -0.1) is 0 Å². The number of hydrogen-bond acceptors (Lipinski definition) is 2. The van der Waals surface area contributed by atoms with Gasteiger partial charge in [-0.25, -0.2) is 0 Å². The third-order valence-corrected chi connectivity index (χ3v) is 4.45. The Kier molecular flexibility index (Phi) is 6.23. The van der Waals surface area contributed by atoms with E-state index >= 15 is 0 Å². The van der Waals surface area contributed by atoms with Gasteiger partial charge in [0.25, 0.3) is 5.91 Å². The highest BCUT2D eigenvalue weighted by atomic mass is 79.9. The highest BCUT2D eigenvalue weighted by molar-refractivity contribution is 9.10. The van der Waals surface area contributed by atoms with Crippen molar-refractivity contribution >= 4 is 50.6 Å². The molecule has 1 rings (SSSR count). The van der Waals surface area contributed by atoms with E-state index in [9.17, 15) is 4.79 Å². The SMILES string of the molecule is CCN(CC(C)C(N)=S)C(=O)c1ccc(Br)c(Cl)c1. The van der Waals surface area contributed by atoms with Crippen molar-refractivity contribution in [1.29, 1.82) is 0 Å². The summed E-state index contributed by atoms with van der Waals surface area (Å²) in [5, 5.41) is 0.518. The van der Waals surface area contributed by atoms with Crippen molar-refractivity contribution in [3.63, 3.8) is 0 Å². The maximum absolute atomic E-state index is 12.4. The Bertz CT molecular complexity index is 496. The first-order chi connectivity index (χ1) is 8.86. The molecule has 0 aliphatic rings. The number of nitrogens with zero attached hydrogens (tertiary/aromatic N) is 1. The van der Waals surface area contributed by atoms with Gasteiger partial charge in [0.05, 0.1) is 10.0 Å². The molecular weight excluding hydrogens is 348 g/mol. The van der Waals surface area contributed by atoms with Gasteiger partial charge in [-0.3, -0.25) is 4.79 Å². The molecule has 0 fully saturated rings. The Morgan fingerprint density at radius 1 is 1.58 bits per heavy atom. The number of amides is 1. The second kappa shape index (κ2) is 7.22. The fraction of sp³-hybridized carbons (Fsp3) is 0.385. The van der Waals surface area contributed by atoms with Gasteiger partial charge in [0, 0.05) is 29.0 Å². The van der Waals surface area contributed by atoms with E-state index in [1.54, 1.807) is 23.1 Å². The molecule has 0 aromatic heterocycles. The minimum atomic E-state index is -0.0694. The maximum Gasteiger partial charge on any atom is 0.253 e. The summed E-state index contributed by atoms with van der Waals surface area (Å²) in [6, 6.07) is 5.16. The predicted octanol–water partition coefficient (Wildman–Crippen LogP) is 3.49. The smallest absolute Gasteiger partial charge is 0.253 e. The van der Waals surface area contributed by atoms with Crippen LogP contribution in [0.5, 0.6) is 0 Å². The van der Waals surface area contributed by atoms with E-state index < -0.39 is 0 Å². The van der Waals surface area contributed by atoms with E-state index in [1.807, 2.05) is 13.8 Å². The van der Waals surface area contributed by atoms with Gasteiger partial charge in [-0.1, -0.05) is 30.7 Å². The molecule has 19 heavy (non-hydrogen) atoms. The van der Waals surface area contributed by atoms with Crippen LogP contribution in [-0.2, 0) is 0 Å². The number of nitrogens with two attached hydrogens (primary N) is 1. The average Bonchev–Trinajstić information content (AvgIpc) is 2.37. The third kappa shape index (κ3) is 4.44. The molecule has 2 N–H and O–H groups in total. The van der Waals surface area contributed by atoms with Crippen molar-refractivity contribution in [2.45, 2.75) is 13.8 Å². The number of carbonyl (C=O) groups excluding carboxylic acids is 1. The number of halogens is 2. The topological polar surface area (TPSA) is 46.3 Å². The van der Waals surface area contributed by atoms with Gasteiger partial charge in [-0.05, 0) is 41.1 Å². The van der Waals surface area contributed by atoms with Crippen molar-refractivity contribution in [3.8, 4) is 0 Å². The summed E-state index contributed by atoms with van der Waals surface area (Å²) in [7, 11) is 0. The normalized spacial score (nSPS) is 12.0. The first-order valence-corrected chi connectivity index (χ1v) is 7.48. The van der Waals surface area contributed by atoms with E-state index in [-0.39, 0.29) is 11.8 Å². The van der Waals surface area contributed by atoms with E-state index in [2.05, 4.69) is 15.9 Å². The number of rotatable bonds is 5. The fourth-order valence-corrected chi connectivity index (χ4v) is 2.09. The molecule has 1 aromatic rings. The predicted molar refractivity (Wildman–Crippen MR) is 86.7 cm³/mol. The van der Waals surface area contributed by atoms with Gasteiger partial charge in [0.1, 0.15) is 0 Å². The van der Waals surface area contributed by atoms with E-state index in [4.69, 9.17) is 29.6 Å². The summed E-state index contributed by atoms with van der Waals surface area (Å²) in [4.78, 5) is 14.5. The van der Waals surface area contributed by atoms with Crippen LogP contribution >= 0.6 is 39.7 Å². The highest BCUT2D eigenvalue weighted by Gasteiger charge is 2.18. The van der Waals surface area contributed by atoms with Gasteiger partial charge in [0.15, 0.2) is 0 Å². The standard InChI is InChI=1S/C13H16BrClN2OS/c1-3-17(7-8(2)12(16)19)13(18)9-4-5-10(14)11(15)6-9/h4-6,8H,3,7H2,1-2H3,(H2,16,19). The molecule has 1 aromatic carbocycles. The molecule has 1 amide bonds. The Balaban J connectivity index is 2.89. The Morgan fingerprint density at radius 3 is 2.68 bits per heavy atom. The lowest BCUT2D eigenvalue weighted by molar-refractivity contribution is 0.0755. The minimum Gasteiger partial charge on any atom is -0.393 e. The van der Waals surface area contributed by atoms with Crippen molar-refractivity contribution in [3.05, 3.63) is 33.3 Å². The Hall–Kier alpha value is -0.650. The van der Waals surface area contributed by atoms with Crippen molar-refractivity contribution in [2.75, 3.05) is 13.1 Å². The molecule has 1 unspecified atom stereocenters. The molecule has 0 saturated heterocycles. The minimum absolute atomic E-state index is 0.00943. The summed E-state index contributed by atoms with van der Waals surface area (Å²) in [6.07, 6.45) is 0. The molecule has 0 aliphatic carbocycles. The quantitative estimate of drug-likeness (QED) is 0.815. The van der Waals surface area contributed by atoms with Crippen molar-refractivity contribution < 1.29 is 4.79 Å². The van der Waals surface area contributed by atoms with Crippen LogP contribution in [0.15, 0.2) is 22.7 Å². The molecule has 0 spiro atoms. The zero-order chi connectivity index (χ0) is 14.6. The van der Waals surface area contributed by atoms with Crippen molar-refractivity contribution in [2.24, 2.45) is 11.7 Å². The van der Waals surface area contributed by atoms with Crippen LogP contribution in [0.4, 0.5) is 0 Å². The van der Waals surface area contributed by atoms with E-state index in [0.29, 0.717) is 28.7 Å². The molecule has 0 heterocycles. The molecule has 104 valence electrons. The van der Waals surface area contributed by atoms with E-state index in [1.165, 1.54) is 0 Å². The molecule has 0 bridgehead atoms. The first-order valence-electron chi connectivity index (χ1n) is 5.90. The number of thiocarbonyl (C=S) groups is 1. The van der Waals surface area contributed by atoms with Crippen molar-refractivity contribution in [1.82, 2.24) is 4.90 Å². The van der Waals surface area contributed by atoms with Crippen LogP contribution in [0.3, 0.4) is 0 Å². The molecule has 6 heteroatoms. The van der Waals surface area contributed by atoms with E-state index in [0.717, 1.165) is 4.47 Å². The second-order valence-electron chi connectivity index (χ2n) is 4.28.